The van der Waals surface area contributed by atoms with E-state index in [4.69, 9.17) is 0 Å². The molecule has 0 saturated heterocycles. The number of amides is 1. The van der Waals surface area contributed by atoms with E-state index >= 15 is 0 Å². The van der Waals surface area contributed by atoms with E-state index in [1.165, 1.54) is 5.56 Å². The van der Waals surface area contributed by atoms with Gasteiger partial charge in [-0.2, -0.15) is 0 Å². The second-order valence-electron chi connectivity index (χ2n) is 8.02. The van der Waals surface area contributed by atoms with E-state index in [0.29, 0.717) is 24.2 Å². The second-order valence-corrected chi connectivity index (χ2v) is 8.02. The summed E-state index contributed by atoms with van der Waals surface area (Å²) in [5, 5.41) is 8.35. The molecule has 4 rings (SSSR count). The Kier molecular flexibility index (Phi) is 7.56. The molecule has 1 atom stereocenters. The van der Waals surface area contributed by atoms with Gasteiger partial charge in [-0.05, 0) is 29.9 Å². The quantitative estimate of drug-likeness (QED) is 0.360. The summed E-state index contributed by atoms with van der Waals surface area (Å²) in [6.07, 6.45) is 3.18. The maximum atomic E-state index is 12.6. The van der Waals surface area contributed by atoms with E-state index in [9.17, 15) is 9.59 Å². The first kappa shape index (κ1) is 22.4. The van der Waals surface area contributed by atoms with Crippen LogP contribution in [0.5, 0.6) is 0 Å². The summed E-state index contributed by atoms with van der Waals surface area (Å²) < 4.78 is 0. The zero-order chi connectivity index (χ0) is 22.9. The van der Waals surface area contributed by atoms with Crippen LogP contribution in [0.2, 0.25) is 0 Å². The Balaban J connectivity index is 1.35. The summed E-state index contributed by atoms with van der Waals surface area (Å²) in [4.78, 5) is 29.5. The number of carbonyl (C=O) groups is 2. The van der Waals surface area contributed by atoms with Crippen molar-refractivity contribution in [2.45, 2.75) is 18.9 Å². The molecular weight excluding hydrogens is 410 g/mol. The van der Waals surface area contributed by atoms with Gasteiger partial charge in [0, 0.05) is 29.7 Å². The molecule has 0 unspecified atom stereocenters. The van der Waals surface area contributed by atoms with Gasteiger partial charge in [-0.15, -0.1) is 0 Å². The lowest BCUT2D eigenvalue weighted by Gasteiger charge is -2.19. The van der Waals surface area contributed by atoms with Crippen LogP contribution in [0.3, 0.4) is 0 Å². The van der Waals surface area contributed by atoms with Crippen LogP contribution in [-0.2, 0) is 6.42 Å². The SMILES string of the molecule is O=C(CN[C@H](CCNC(=O)c1cc2ccccc2cn1)Cc1ccccc1)c1ccccc1. The Morgan fingerprint density at radius 3 is 2.24 bits per heavy atom. The van der Waals surface area contributed by atoms with Crippen molar-refractivity contribution in [1.29, 1.82) is 0 Å². The van der Waals surface area contributed by atoms with Gasteiger partial charge >= 0.3 is 0 Å². The molecule has 5 heteroatoms. The van der Waals surface area contributed by atoms with Gasteiger partial charge in [-0.3, -0.25) is 14.6 Å². The van der Waals surface area contributed by atoms with Gasteiger partial charge < -0.3 is 10.6 Å². The number of hydrogen-bond donors (Lipinski definition) is 2. The van der Waals surface area contributed by atoms with Crippen LogP contribution in [0.1, 0.15) is 32.8 Å². The van der Waals surface area contributed by atoms with E-state index < -0.39 is 0 Å². The predicted molar refractivity (Wildman–Crippen MR) is 131 cm³/mol. The van der Waals surface area contributed by atoms with Crippen LogP contribution in [0, 0.1) is 0 Å². The van der Waals surface area contributed by atoms with Crippen LogP contribution in [-0.4, -0.2) is 35.8 Å². The smallest absolute Gasteiger partial charge is 0.269 e. The lowest BCUT2D eigenvalue weighted by atomic mass is 10.0. The monoisotopic (exact) mass is 437 g/mol. The summed E-state index contributed by atoms with van der Waals surface area (Å²) in [5.41, 5.74) is 2.28. The maximum absolute atomic E-state index is 12.6. The van der Waals surface area contributed by atoms with Crippen molar-refractivity contribution in [3.05, 3.63) is 114 Å². The molecule has 1 amide bonds. The Bertz CT molecular complexity index is 1210. The Morgan fingerprint density at radius 1 is 0.818 bits per heavy atom. The lowest BCUT2D eigenvalue weighted by molar-refractivity contribution is 0.0942. The number of fused-ring (bicyclic) bond motifs is 1. The Morgan fingerprint density at radius 2 is 1.48 bits per heavy atom. The molecule has 3 aromatic carbocycles. The molecule has 0 spiro atoms. The van der Waals surface area contributed by atoms with E-state index in [2.05, 4.69) is 27.8 Å². The van der Waals surface area contributed by atoms with Crippen LogP contribution in [0.15, 0.2) is 97.2 Å². The number of Topliss-reactive ketones (excluding diaryl/α,β-unsaturated/α-hetero) is 1. The van der Waals surface area contributed by atoms with Crippen molar-refractivity contribution in [3.63, 3.8) is 0 Å². The van der Waals surface area contributed by atoms with Gasteiger partial charge in [-0.25, -0.2) is 0 Å². The highest BCUT2D eigenvalue weighted by Gasteiger charge is 2.14. The first-order chi connectivity index (χ1) is 16.2. The third-order valence-electron chi connectivity index (χ3n) is 5.61. The molecule has 0 radical (unpaired) electrons. The van der Waals surface area contributed by atoms with Crippen LogP contribution >= 0.6 is 0 Å². The number of hydrogen-bond acceptors (Lipinski definition) is 4. The van der Waals surface area contributed by atoms with Crippen molar-refractivity contribution in [1.82, 2.24) is 15.6 Å². The highest BCUT2D eigenvalue weighted by Crippen LogP contribution is 2.13. The van der Waals surface area contributed by atoms with Crippen molar-refractivity contribution in [2.75, 3.05) is 13.1 Å². The number of nitrogens with zero attached hydrogens (tertiary/aromatic N) is 1. The number of aromatic nitrogens is 1. The number of benzene rings is 3. The van der Waals surface area contributed by atoms with Crippen LogP contribution < -0.4 is 10.6 Å². The minimum Gasteiger partial charge on any atom is -0.351 e. The van der Waals surface area contributed by atoms with Crippen LogP contribution in [0.4, 0.5) is 0 Å². The summed E-state index contributed by atoms with van der Waals surface area (Å²) >= 11 is 0. The highest BCUT2D eigenvalue weighted by atomic mass is 16.2. The Labute approximate surface area is 193 Å². The molecule has 4 aromatic rings. The fraction of sp³-hybridized carbons (Fsp3) is 0.179. The molecule has 33 heavy (non-hydrogen) atoms. The minimum atomic E-state index is -0.195. The standard InChI is InChI=1S/C28H27N3O2/c32-27(22-11-5-2-6-12-22)20-30-25(17-21-9-3-1-4-10-21)15-16-29-28(33)26-18-23-13-7-8-14-24(23)19-31-26/h1-14,18-19,25,30H,15-17,20H2,(H,29,33)/t25-/m1/s1. The van der Waals surface area contributed by atoms with Crippen molar-refractivity contribution in [3.8, 4) is 0 Å². The average Bonchev–Trinajstić information content (AvgIpc) is 2.87. The minimum absolute atomic E-state index is 0.0462. The topological polar surface area (TPSA) is 71.1 Å². The third-order valence-corrected chi connectivity index (χ3v) is 5.61. The number of pyridine rings is 1. The van der Waals surface area contributed by atoms with Gasteiger partial charge in [0.05, 0.1) is 6.54 Å². The maximum Gasteiger partial charge on any atom is 0.269 e. The van der Waals surface area contributed by atoms with Gasteiger partial charge in [-0.1, -0.05) is 84.9 Å². The fourth-order valence-corrected chi connectivity index (χ4v) is 3.80. The van der Waals surface area contributed by atoms with Gasteiger partial charge in [0.2, 0.25) is 0 Å². The van der Waals surface area contributed by atoms with Gasteiger partial charge in [0.15, 0.2) is 5.78 Å². The zero-order valence-electron chi connectivity index (χ0n) is 18.4. The summed E-state index contributed by atoms with van der Waals surface area (Å²) in [7, 11) is 0. The van der Waals surface area contributed by atoms with E-state index in [1.807, 2.05) is 78.9 Å². The molecule has 0 aliphatic heterocycles. The van der Waals surface area contributed by atoms with E-state index in [0.717, 1.165) is 17.2 Å². The summed E-state index contributed by atoms with van der Waals surface area (Å²) in [6.45, 7) is 0.735. The fourth-order valence-electron chi connectivity index (χ4n) is 3.80. The first-order valence-corrected chi connectivity index (χ1v) is 11.2. The Hall–Kier alpha value is -3.83. The number of ketones is 1. The highest BCUT2D eigenvalue weighted by molar-refractivity contribution is 5.97. The molecule has 1 aromatic heterocycles. The molecule has 0 aliphatic rings. The molecular formula is C28H27N3O2. The van der Waals surface area contributed by atoms with E-state index in [1.54, 1.807) is 6.20 Å². The van der Waals surface area contributed by atoms with Gasteiger partial charge in [0.1, 0.15) is 5.69 Å². The van der Waals surface area contributed by atoms with Gasteiger partial charge in [0.25, 0.3) is 5.91 Å². The van der Waals surface area contributed by atoms with Crippen molar-refractivity contribution >= 4 is 22.5 Å². The lowest BCUT2D eigenvalue weighted by Crippen LogP contribution is -2.38. The molecule has 2 N–H and O–H groups in total. The molecule has 0 bridgehead atoms. The summed E-state index contributed by atoms with van der Waals surface area (Å²) in [6, 6.07) is 29.1. The van der Waals surface area contributed by atoms with E-state index in [-0.39, 0.29) is 24.3 Å². The molecule has 0 fully saturated rings. The first-order valence-electron chi connectivity index (χ1n) is 11.2. The molecule has 5 nitrogen and oxygen atoms in total. The second kappa shape index (κ2) is 11.2. The zero-order valence-corrected chi connectivity index (χ0v) is 18.4. The predicted octanol–water partition coefficient (Wildman–Crippen LogP) is 4.44. The largest absolute Gasteiger partial charge is 0.351 e. The normalized spacial score (nSPS) is 11.8. The molecule has 0 aliphatic carbocycles. The number of rotatable bonds is 10. The van der Waals surface area contributed by atoms with Crippen molar-refractivity contribution < 1.29 is 9.59 Å². The third kappa shape index (κ3) is 6.34. The van der Waals surface area contributed by atoms with Crippen LogP contribution in [0.25, 0.3) is 10.8 Å². The molecule has 1 heterocycles. The molecule has 0 saturated carbocycles. The summed E-state index contributed by atoms with van der Waals surface area (Å²) in [5.74, 6) is -0.141. The molecule has 166 valence electrons. The average molecular weight is 438 g/mol. The number of carbonyl (C=O) groups excluding carboxylic acids is 2. The van der Waals surface area contributed by atoms with Crippen molar-refractivity contribution in [2.24, 2.45) is 0 Å². The number of nitrogens with one attached hydrogen (secondary N) is 2.